The number of carbonyl (C=O) groups excluding carboxylic acids is 1. The minimum atomic E-state index is -0.370. The number of rotatable bonds is 5. The van der Waals surface area contributed by atoms with Crippen LogP contribution in [0.4, 0.5) is 0 Å². The van der Waals surface area contributed by atoms with Crippen molar-refractivity contribution in [3.05, 3.63) is 0 Å². The first kappa shape index (κ1) is 14.8. The lowest BCUT2D eigenvalue weighted by Crippen LogP contribution is -2.53. The smallest absolute Gasteiger partial charge is 0.220 e. The molecule has 2 rings (SSSR count). The summed E-state index contributed by atoms with van der Waals surface area (Å²) in [6, 6.07) is 0. The van der Waals surface area contributed by atoms with Gasteiger partial charge < -0.3 is 15.2 Å². The van der Waals surface area contributed by atoms with Gasteiger partial charge in [-0.05, 0) is 38.0 Å². The Morgan fingerprint density at radius 3 is 2.89 bits per heavy atom. The summed E-state index contributed by atoms with van der Waals surface area (Å²) in [6.07, 6.45) is 7.88. The lowest BCUT2D eigenvalue weighted by molar-refractivity contribution is -0.125. The molecule has 1 heterocycles. The Hall–Kier alpha value is -0.610. The van der Waals surface area contributed by atoms with Gasteiger partial charge in [0.05, 0.1) is 18.2 Å². The third kappa shape index (κ3) is 4.18. The molecule has 1 amide bonds. The van der Waals surface area contributed by atoms with Gasteiger partial charge in [0, 0.05) is 13.0 Å². The molecule has 4 heteroatoms. The first-order valence-corrected chi connectivity index (χ1v) is 7.67. The molecule has 19 heavy (non-hydrogen) atoms. The molecule has 2 fully saturated rings. The summed E-state index contributed by atoms with van der Waals surface area (Å²) in [5, 5.41) is 12.7. The first-order valence-electron chi connectivity index (χ1n) is 7.67. The average molecular weight is 269 g/mol. The van der Waals surface area contributed by atoms with E-state index in [2.05, 4.69) is 12.2 Å². The van der Waals surface area contributed by atoms with Crippen LogP contribution in [0.2, 0.25) is 0 Å². The first-order chi connectivity index (χ1) is 9.13. The summed E-state index contributed by atoms with van der Waals surface area (Å²) >= 11 is 0. The molecule has 3 atom stereocenters. The number of aliphatic hydroxyl groups is 1. The molecular formula is C15H27NO3. The molecule has 2 aliphatic rings. The number of ether oxygens (including phenoxy) is 1. The molecule has 3 unspecified atom stereocenters. The van der Waals surface area contributed by atoms with Crippen LogP contribution in [0.1, 0.15) is 58.3 Å². The second kappa shape index (κ2) is 6.71. The number of amides is 1. The molecule has 0 aromatic rings. The minimum Gasteiger partial charge on any atom is -0.394 e. The molecule has 2 N–H and O–H groups in total. The number of hydrogen-bond acceptors (Lipinski definition) is 3. The Bertz CT molecular complexity index is 302. The van der Waals surface area contributed by atoms with Crippen molar-refractivity contribution in [3.8, 4) is 0 Å². The molecule has 1 saturated carbocycles. The molecule has 1 aliphatic heterocycles. The van der Waals surface area contributed by atoms with E-state index in [0.29, 0.717) is 12.3 Å². The van der Waals surface area contributed by atoms with E-state index in [1.54, 1.807) is 0 Å². The number of hydrogen-bond donors (Lipinski definition) is 2. The fraction of sp³-hybridized carbons (Fsp3) is 0.933. The third-order valence-corrected chi connectivity index (χ3v) is 4.52. The van der Waals surface area contributed by atoms with Gasteiger partial charge in [-0.25, -0.2) is 0 Å². The van der Waals surface area contributed by atoms with Crippen molar-refractivity contribution >= 4 is 5.91 Å². The fourth-order valence-corrected chi connectivity index (χ4v) is 3.48. The van der Waals surface area contributed by atoms with Crippen molar-refractivity contribution in [2.45, 2.75) is 69.9 Å². The SMILES string of the molecule is CC1CCCC(CO)(NC(=O)CCC2CCCO2)C1. The summed E-state index contributed by atoms with van der Waals surface area (Å²) < 4.78 is 5.53. The third-order valence-electron chi connectivity index (χ3n) is 4.52. The van der Waals surface area contributed by atoms with Gasteiger partial charge in [0.2, 0.25) is 5.91 Å². The van der Waals surface area contributed by atoms with Crippen molar-refractivity contribution in [2.24, 2.45) is 5.92 Å². The highest BCUT2D eigenvalue weighted by atomic mass is 16.5. The predicted molar refractivity (Wildman–Crippen MR) is 73.8 cm³/mol. The maximum atomic E-state index is 12.1. The Labute approximate surface area is 115 Å². The zero-order valence-electron chi connectivity index (χ0n) is 12.0. The summed E-state index contributed by atoms with van der Waals surface area (Å²) in [5.74, 6) is 0.651. The van der Waals surface area contributed by atoms with Gasteiger partial charge in [0.1, 0.15) is 0 Å². The van der Waals surface area contributed by atoms with Crippen LogP contribution in [-0.4, -0.2) is 35.9 Å². The summed E-state index contributed by atoms with van der Waals surface area (Å²) in [6.45, 7) is 3.09. The summed E-state index contributed by atoms with van der Waals surface area (Å²) in [7, 11) is 0. The molecule has 1 saturated heterocycles. The highest BCUT2D eigenvalue weighted by Gasteiger charge is 2.35. The highest BCUT2D eigenvalue weighted by molar-refractivity contribution is 5.76. The van der Waals surface area contributed by atoms with E-state index < -0.39 is 0 Å². The van der Waals surface area contributed by atoms with Gasteiger partial charge in [0.15, 0.2) is 0 Å². The zero-order valence-corrected chi connectivity index (χ0v) is 12.0. The van der Waals surface area contributed by atoms with E-state index in [1.165, 1.54) is 6.42 Å². The van der Waals surface area contributed by atoms with Crippen molar-refractivity contribution in [2.75, 3.05) is 13.2 Å². The molecular weight excluding hydrogens is 242 g/mol. The maximum Gasteiger partial charge on any atom is 0.220 e. The minimum absolute atomic E-state index is 0.0585. The van der Waals surface area contributed by atoms with E-state index in [0.717, 1.165) is 45.1 Å². The summed E-state index contributed by atoms with van der Waals surface area (Å²) in [4.78, 5) is 12.1. The Morgan fingerprint density at radius 1 is 1.42 bits per heavy atom. The van der Waals surface area contributed by atoms with E-state index in [4.69, 9.17) is 4.74 Å². The Morgan fingerprint density at radius 2 is 2.26 bits per heavy atom. The van der Waals surface area contributed by atoms with Crippen LogP contribution in [0.3, 0.4) is 0 Å². The Kier molecular flexibility index (Phi) is 5.22. The predicted octanol–water partition coefficient (Wildman–Crippen LogP) is 2.00. The van der Waals surface area contributed by atoms with Crippen LogP contribution in [0, 0.1) is 5.92 Å². The highest BCUT2D eigenvalue weighted by Crippen LogP contribution is 2.32. The molecule has 1 aliphatic carbocycles. The van der Waals surface area contributed by atoms with E-state index in [-0.39, 0.29) is 24.2 Å². The molecule has 4 nitrogen and oxygen atoms in total. The molecule has 110 valence electrons. The number of carbonyl (C=O) groups is 1. The quantitative estimate of drug-likeness (QED) is 0.802. The van der Waals surface area contributed by atoms with Crippen LogP contribution >= 0.6 is 0 Å². The van der Waals surface area contributed by atoms with Crippen molar-refractivity contribution < 1.29 is 14.6 Å². The van der Waals surface area contributed by atoms with Gasteiger partial charge in [-0.3, -0.25) is 4.79 Å². The van der Waals surface area contributed by atoms with Gasteiger partial charge >= 0.3 is 0 Å². The normalized spacial score (nSPS) is 35.3. The monoisotopic (exact) mass is 269 g/mol. The van der Waals surface area contributed by atoms with Crippen LogP contribution < -0.4 is 5.32 Å². The van der Waals surface area contributed by atoms with E-state index in [9.17, 15) is 9.90 Å². The van der Waals surface area contributed by atoms with Crippen LogP contribution in [0.15, 0.2) is 0 Å². The van der Waals surface area contributed by atoms with Crippen molar-refractivity contribution in [1.82, 2.24) is 5.32 Å². The molecule has 0 aromatic heterocycles. The van der Waals surface area contributed by atoms with Gasteiger partial charge in [0.25, 0.3) is 0 Å². The van der Waals surface area contributed by atoms with Crippen molar-refractivity contribution in [3.63, 3.8) is 0 Å². The standard InChI is InChI=1S/C15H27NO3/c1-12-4-2-8-15(10-12,11-17)16-14(18)7-6-13-5-3-9-19-13/h12-13,17H,2-11H2,1H3,(H,16,18). The molecule has 0 bridgehead atoms. The summed E-state index contributed by atoms with van der Waals surface area (Å²) in [5.41, 5.74) is -0.370. The van der Waals surface area contributed by atoms with Crippen LogP contribution in [0.25, 0.3) is 0 Å². The van der Waals surface area contributed by atoms with E-state index in [1.807, 2.05) is 0 Å². The number of nitrogens with one attached hydrogen (secondary N) is 1. The van der Waals surface area contributed by atoms with Crippen LogP contribution in [0.5, 0.6) is 0 Å². The van der Waals surface area contributed by atoms with Crippen molar-refractivity contribution in [1.29, 1.82) is 0 Å². The lowest BCUT2D eigenvalue weighted by atomic mass is 9.76. The maximum absolute atomic E-state index is 12.1. The fourth-order valence-electron chi connectivity index (χ4n) is 3.48. The second-order valence-electron chi connectivity index (χ2n) is 6.36. The molecule has 0 aromatic carbocycles. The van der Waals surface area contributed by atoms with Gasteiger partial charge in [-0.15, -0.1) is 0 Å². The number of aliphatic hydroxyl groups excluding tert-OH is 1. The molecule has 0 radical (unpaired) electrons. The molecule has 0 spiro atoms. The second-order valence-corrected chi connectivity index (χ2v) is 6.36. The van der Waals surface area contributed by atoms with Gasteiger partial charge in [-0.2, -0.15) is 0 Å². The topological polar surface area (TPSA) is 58.6 Å². The Balaban J connectivity index is 1.78. The van der Waals surface area contributed by atoms with Crippen LogP contribution in [-0.2, 0) is 9.53 Å². The lowest BCUT2D eigenvalue weighted by Gasteiger charge is -2.39. The largest absolute Gasteiger partial charge is 0.394 e. The van der Waals surface area contributed by atoms with Gasteiger partial charge in [-0.1, -0.05) is 19.8 Å². The zero-order chi connectivity index (χ0) is 13.7. The average Bonchev–Trinajstić information content (AvgIpc) is 2.89. The van der Waals surface area contributed by atoms with E-state index >= 15 is 0 Å².